The number of rotatable bonds is 5. The van der Waals surface area contributed by atoms with E-state index >= 15 is 0 Å². The number of aryl methyl sites for hydroxylation is 2. The number of aromatic nitrogens is 3. The number of pyridine rings is 1. The molecule has 1 aromatic carbocycles. The lowest BCUT2D eigenvalue weighted by Crippen LogP contribution is -2.14. The Kier molecular flexibility index (Phi) is 5.64. The fraction of sp³-hybridized carbons (Fsp3) is 0.261. The van der Waals surface area contributed by atoms with Crippen LogP contribution in [0.2, 0.25) is 0 Å². The third kappa shape index (κ3) is 4.18. The fourth-order valence-electron chi connectivity index (χ4n) is 3.44. The molecule has 0 saturated carbocycles. The minimum atomic E-state index is -3.40. The van der Waals surface area contributed by atoms with E-state index in [9.17, 15) is 13.2 Å². The van der Waals surface area contributed by atoms with Gasteiger partial charge in [0.05, 0.1) is 32.6 Å². The molecule has 9 heteroatoms. The van der Waals surface area contributed by atoms with Crippen molar-refractivity contribution >= 4 is 43.8 Å². The van der Waals surface area contributed by atoms with Crippen molar-refractivity contribution in [1.29, 1.82) is 0 Å². The molecule has 3 heterocycles. The summed E-state index contributed by atoms with van der Waals surface area (Å²) in [6.45, 7) is 7.86. The Morgan fingerprint density at radius 2 is 1.88 bits per heavy atom. The predicted octanol–water partition coefficient (Wildman–Crippen LogP) is 5.01. The lowest BCUT2D eigenvalue weighted by molar-refractivity contribution is 0.102. The number of hydrogen-bond donors (Lipinski definition) is 1. The number of carbonyl (C=O) groups excluding carboxylic acids is 1. The summed E-state index contributed by atoms with van der Waals surface area (Å²) in [4.78, 5) is 20.5. The van der Waals surface area contributed by atoms with Crippen molar-refractivity contribution in [3.05, 3.63) is 58.6 Å². The topological polar surface area (TPSA) is 94.0 Å². The largest absolute Gasteiger partial charge is 0.322 e. The SMILES string of the molecule is Cc1ccc(-c2cc(C(=O)Nc3cc(S(C)(=O)=O)ccc3C)c3cnn(C(C)C)c3n2)s1. The first-order chi connectivity index (χ1) is 15.0. The average Bonchev–Trinajstić information content (AvgIpc) is 3.34. The standard InChI is InChI=1S/C23H24N4O3S2/c1-13(2)27-22-18(12-24-27)17(11-20(25-22)21-9-7-15(4)31-21)23(28)26-19-10-16(32(5,29)30)8-6-14(19)3/h6-13H,1-5H3,(H,26,28). The van der Waals surface area contributed by atoms with Crippen molar-refractivity contribution in [1.82, 2.24) is 14.8 Å². The molecule has 4 rings (SSSR count). The molecule has 0 unspecified atom stereocenters. The number of fused-ring (bicyclic) bond motifs is 1. The summed E-state index contributed by atoms with van der Waals surface area (Å²) in [6.07, 6.45) is 2.80. The highest BCUT2D eigenvalue weighted by atomic mass is 32.2. The number of hydrogen-bond acceptors (Lipinski definition) is 6. The van der Waals surface area contributed by atoms with Gasteiger partial charge in [0, 0.05) is 22.9 Å². The van der Waals surface area contributed by atoms with Crippen molar-refractivity contribution in [2.75, 3.05) is 11.6 Å². The van der Waals surface area contributed by atoms with Gasteiger partial charge in [0.1, 0.15) is 0 Å². The molecule has 4 aromatic rings. The van der Waals surface area contributed by atoms with E-state index in [0.29, 0.717) is 28.0 Å². The van der Waals surface area contributed by atoms with E-state index in [4.69, 9.17) is 4.98 Å². The second-order valence-electron chi connectivity index (χ2n) is 8.09. The Labute approximate surface area is 191 Å². The van der Waals surface area contributed by atoms with Crippen molar-refractivity contribution in [3.63, 3.8) is 0 Å². The van der Waals surface area contributed by atoms with Crippen LogP contribution in [0.15, 0.2) is 47.5 Å². The van der Waals surface area contributed by atoms with Crippen molar-refractivity contribution in [3.8, 4) is 10.6 Å². The number of nitrogens with zero attached hydrogens (tertiary/aromatic N) is 3. The maximum Gasteiger partial charge on any atom is 0.256 e. The minimum Gasteiger partial charge on any atom is -0.322 e. The predicted molar refractivity (Wildman–Crippen MR) is 128 cm³/mol. The summed E-state index contributed by atoms with van der Waals surface area (Å²) in [5.74, 6) is -0.344. The summed E-state index contributed by atoms with van der Waals surface area (Å²) in [5.41, 5.74) is 2.99. The first-order valence-corrected chi connectivity index (χ1v) is 12.8. The molecule has 0 atom stereocenters. The molecule has 0 spiro atoms. The lowest BCUT2D eigenvalue weighted by atomic mass is 10.1. The van der Waals surface area contributed by atoms with Gasteiger partial charge in [0.2, 0.25) is 0 Å². The normalized spacial score (nSPS) is 11.9. The van der Waals surface area contributed by atoms with Gasteiger partial charge in [-0.15, -0.1) is 11.3 Å². The van der Waals surface area contributed by atoms with Crippen LogP contribution in [0.25, 0.3) is 21.6 Å². The number of nitrogens with one attached hydrogen (secondary N) is 1. The Hall–Kier alpha value is -3.04. The van der Waals surface area contributed by atoms with Gasteiger partial charge in [-0.3, -0.25) is 4.79 Å². The summed E-state index contributed by atoms with van der Waals surface area (Å²) < 4.78 is 25.7. The molecule has 0 aliphatic heterocycles. The zero-order valence-electron chi connectivity index (χ0n) is 18.5. The zero-order chi connectivity index (χ0) is 23.2. The molecular formula is C23H24N4O3S2. The van der Waals surface area contributed by atoms with Gasteiger partial charge in [-0.05, 0) is 63.6 Å². The number of benzene rings is 1. The van der Waals surface area contributed by atoms with Gasteiger partial charge in [-0.1, -0.05) is 6.07 Å². The molecule has 7 nitrogen and oxygen atoms in total. The first-order valence-electron chi connectivity index (χ1n) is 10.1. The molecule has 166 valence electrons. The first kappa shape index (κ1) is 22.2. The molecule has 0 fully saturated rings. The highest BCUT2D eigenvalue weighted by molar-refractivity contribution is 7.90. The molecule has 0 aliphatic rings. The van der Waals surface area contributed by atoms with Crippen LogP contribution in [0.1, 0.15) is 40.7 Å². The molecule has 1 amide bonds. The fourth-order valence-corrected chi connectivity index (χ4v) is 4.91. The van der Waals surface area contributed by atoms with E-state index in [0.717, 1.165) is 21.6 Å². The average molecular weight is 469 g/mol. The lowest BCUT2D eigenvalue weighted by Gasteiger charge is -2.12. The van der Waals surface area contributed by atoms with Crippen LogP contribution in [0, 0.1) is 13.8 Å². The van der Waals surface area contributed by atoms with Gasteiger partial charge >= 0.3 is 0 Å². The number of anilines is 1. The summed E-state index contributed by atoms with van der Waals surface area (Å²) >= 11 is 1.61. The third-order valence-corrected chi connectivity index (χ3v) is 7.31. The van der Waals surface area contributed by atoms with Crippen LogP contribution in [0.5, 0.6) is 0 Å². The van der Waals surface area contributed by atoms with Crippen molar-refractivity contribution in [2.24, 2.45) is 0 Å². The zero-order valence-corrected chi connectivity index (χ0v) is 20.1. The van der Waals surface area contributed by atoms with Crippen LogP contribution in [-0.2, 0) is 9.84 Å². The van der Waals surface area contributed by atoms with E-state index in [1.165, 1.54) is 12.1 Å². The minimum absolute atomic E-state index is 0.0740. The molecule has 0 aliphatic carbocycles. The Balaban J connectivity index is 1.84. The number of amides is 1. The van der Waals surface area contributed by atoms with Crippen molar-refractivity contribution in [2.45, 2.75) is 38.6 Å². The van der Waals surface area contributed by atoms with Crippen LogP contribution in [-0.4, -0.2) is 35.3 Å². The summed E-state index contributed by atoms with van der Waals surface area (Å²) in [6, 6.07) is 10.6. The molecular weight excluding hydrogens is 444 g/mol. The Morgan fingerprint density at radius 3 is 2.50 bits per heavy atom. The van der Waals surface area contributed by atoms with Gasteiger partial charge in [0.25, 0.3) is 5.91 Å². The molecule has 0 bridgehead atoms. The third-order valence-electron chi connectivity index (χ3n) is 5.18. The van der Waals surface area contributed by atoms with Crippen LogP contribution < -0.4 is 5.32 Å². The Morgan fingerprint density at radius 1 is 1.12 bits per heavy atom. The number of thiophene rings is 1. The second kappa shape index (κ2) is 8.14. The summed E-state index contributed by atoms with van der Waals surface area (Å²) in [7, 11) is -3.40. The number of sulfone groups is 1. The maximum atomic E-state index is 13.4. The molecule has 3 aromatic heterocycles. The van der Waals surface area contributed by atoms with E-state index in [1.54, 1.807) is 34.3 Å². The van der Waals surface area contributed by atoms with E-state index < -0.39 is 9.84 Å². The van der Waals surface area contributed by atoms with E-state index in [1.807, 2.05) is 39.8 Å². The highest BCUT2D eigenvalue weighted by Crippen LogP contribution is 2.31. The van der Waals surface area contributed by atoms with Crippen molar-refractivity contribution < 1.29 is 13.2 Å². The van der Waals surface area contributed by atoms with Crippen LogP contribution in [0.4, 0.5) is 5.69 Å². The second-order valence-corrected chi connectivity index (χ2v) is 11.4. The van der Waals surface area contributed by atoms with Gasteiger partial charge in [-0.2, -0.15) is 5.10 Å². The monoisotopic (exact) mass is 468 g/mol. The molecule has 32 heavy (non-hydrogen) atoms. The van der Waals surface area contributed by atoms with E-state index in [-0.39, 0.29) is 16.8 Å². The number of carbonyl (C=O) groups is 1. The van der Waals surface area contributed by atoms with Crippen LogP contribution in [0.3, 0.4) is 0 Å². The molecule has 1 N–H and O–H groups in total. The smallest absolute Gasteiger partial charge is 0.256 e. The van der Waals surface area contributed by atoms with Gasteiger partial charge in [-0.25, -0.2) is 18.1 Å². The molecule has 0 saturated heterocycles. The highest BCUT2D eigenvalue weighted by Gasteiger charge is 2.20. The quantitative estimate of drug-likeness (QED) is 0.444. The maximum absolute atomic E-state index is 13.4. The van der Waals surface area contributed by atoms with Gasteiger partial charge < -0.3 is 5.32 Å². The summed E-state index contributed by atoms with van der Waals surface area (Å²) in [5, 5.41) is 7.98. The van der Waals surface area contributed by atoms with E-state index in [2.05, 4.69) is 10.4 Å². The van der Waals surface area contributed by atoms with Crippen LogP contribution >= 0.6 is 11.3 Å². The van der Waals surface area contributed by atoms with Gasteiger partial charge in [0.15, 0.2) is 15.5 Å². The molecule has 0 radical (unpaired) electrons. The Bertz CT molecular complexity index is 1450.